The Hall–Kier alpha value is -2.90. The second-order valence-electron chi connectivity index (χ2n) is 7.57. The van der Waals surface area contributed by atoms with E-state index in [9.17, 15) is 19.5 Å². The van der Waals surface area contributed by atoms with Crippen molar-refractivity contribution in [1.29, 1.82) is 0 Å². The lowest BCUT2D eigenvalue weighted by molar-refractivity contribution is 0.0695. The van der Waals surface area contributed by atoms with E-state index in [1.54, 1.807) is 0 Å². The Morgan fingerprint density at radius 3 is 2.45 bits per heavy atom. The molecule has 8 heteroatoms. The lowest BCUT2D eigenvalue weighted by atomic mass is 9.95. The Balaban J connectivity index is 1.64. The van der Waals surface area contributed by atoms with Crippen molar-refractivity contribution in [3.8, 4) is 0 Å². The number of halogens is 1. The molecule has 2 amide bonds. The molecule has 0 aliphatic heterocycles. The van der Waals surface area contributed by atoms with Crippen LogP contribution in [0.3, 0.4) is 0 Å². The first-order valence-electron chi connectivity index (χ1n) is 10.1. The van der Waals surface area contributed by atoms with Gasteiger partial charge in [-0.05, 0) is 37.1 Å². The van der Waals surface area contributed by atoms with Crippen LogP contribution in [0, 0.1) is 0 Å². The number of rotatable bonds is 5. The molecule has 1 aliphatic rings. The fourth-order valence-corrected chi connectivity index (χ4v) is 5.24. The van der Waals surface area contributed by atoms with Crippen molar-refractivity contribution in [2.75, 3.05) is 5.32 Å². The zero-order chi connectivity index (χ0) is 22.0. The maximum absolute atomic E-state index is 13.0. The van der Waals surface area contributed by atoms with Crippen LogP contribution in [0.5, 0.6) is 0 Å². The van der Waals surface area contributed by atoms with Gasteiger partial charge in [0, 0.05) is 16.1 Å². The molecule has 0 spiro atoms. The molecule has 31 heavy (non-hydrogen) atoms. The van der Waals surface area contributed by atoms with Crippen molar-refractivity contribution < 1.29 is 19.5 Å². The van der Waals surface area contributed by atoms with Gasteiger partial charge in [-0.25, -0.2) is 4.79 Å². The monoisotopic (exact) mass is 456 g/mol. The van der Waals surface area contributed by atoms with Crippen molar-refractivity contribution in [2.45, 2.75) is 38.1 Å². The molecule has 6 nitrogen and oxygen atoms in total. The predicted octanol–water partition coefficient (Wildman–Crippen LogP) is 5.57. The summed E-state index contributed by atoms with van der Waals surface area (Å²) in [7, 11) is 0. The molecule has 3 N–H and O–H groups in total. The van der Waals surface area contributed by atoms with E-state index in [1.165, 1.54) is 29.5 Å². The van der Waals surface area contributed by atoms with Gasteiger partial charge in [-0.3, -0.25) is 9.59 Å². The Morgan fingerprint density at radius 2 is 1.74 bits per heavy atom. The summed E-state index contributed by atoms with van der Waals surface area (Å²) in [6.45, 7) is 0. The predicted molar refractivity (Wildman–Crippen MR) is 123 cm³/mol. The fourth-order valence-electron chi connectivity index (χ4n) is 3.83. The Morgan fingerprint density at radius 1 is 1.00 bits per heavy atom. The highest BCUT2D eigenvalue weighted by Gasteiger charge is 2.23. The second-order valence-corrected chi connectivity index (χ2v) is 9.00. The SMILES string of the molecule is O=C(O)c1ccc(C(=O)NC2CCCCC2)c(NC(=O)c2sc3ccccc3c2Cl)c1. The van der Waals surface area contributed by atoms with Gasteiger partial charge in [-0.2, -0.15) is 0 Å². The first-order chi connectivity index (χ1) is 14.9. The first kappa shape index (κ1) is 21.3. The first-order valence-corrected chi connectivity index (χ1v) is 11.3. The van der Waals surface area contributed by atoms with E-state index < -0.39 is 11.9 Å². The highest BCUT2D eigenvalue weighted by Crippen LogP contribution is 2.35. The summed E-state index contributed by atoms with van der Waals surface area (Å²) < 4.78 is 0.868. The molecule has 160 valence electrons. The molecule has 4 rings (SSSR count). The van der Waals surface area contributed by atoms with Crippen molar-refractivity contribution in [3.05, 3.63) is 63.5 Å². The van der Waals surface area contributed by atoms with Crippen molar-refractivity contribution in [3.63, 3.8) is 0 Å². The maximum Gasteiger partial charge on any atom is 0.335 e. The summed E-state index contributed by atoms with van der Waals surface area (Å²) in [5, 5.41) is 16.2. The number of carbonyl (C=O) groups is 3. The Bertz CT molecular complexity index is 1170. The average Bonchev–Trinajstić information content (AvgIpc) is 3.11. The molecule has 3 aromatic rings. The molecular weight excluding hydrogens is 436 g/mol. The molecule has 1 fully saturated rings. The van der Waals surface area contributed by atoms with E-state index >= 15 is 0 Å². The number of benzene rings is 2. The molecule has 1 heterocycles. The van der Waals surface area contributed by atoms with Gasteiger partial charge in [0.05, 0.1) is 21.8 Å². The van der Waals surface area contributed by atoms with Crippen LogP contribution in [-0.2, 0) is 0 Å². The summed E-state index contributed by atoms with van der Waals surface area (Å²) in [6.07, 6.45) is 5.13. The van der Waals surface area contributed by atoms with Crippen LogP contribution in [0.2, 0.25) is 5.02 Å². The van der Waals surface area contributed by atoms with Gasteiger partial charge in [0.15, 0.2) is 0 Å². The number of hydrogen-bond donors (Lipinski definition) is 3. The third kappa shape index (κ3) is 4.57. The molecular formula is C23H21ClN2O4S. The van der Waals surface area contributed by atoms with Gasteiger partial charge in [0.25, 0.3) is 11.8 Å². The van der Waals surface area contributed by atoms with Crippen LogP contribution < -0.4 is 10.6 Å². The van der Waals surface area contributed by atoms with E-state index in [4.69, 9.17) is 11.6 Å². The largest absolute Gasteiger partial charge is 0.478 e. The number of fused-ring (bicyclic) bond motifs is 1. The molecule has 0 radical (unpaired) electrons. The van der Waals surface area contributed by atoms with Gasteiger partial charge in [0.2, 0.25) is 0 Å². The number of amides is 2. The van der Waals surface area contributed by atoms with Crippen LogP contribution in [0.15, 0.2) is 42.5 Å². The number of anilines is 1. The van der Waals surface area contributed by atoms with E-state index in [0.29, 0.717) is 9.90 Å². The Labute approximate surface area is 188 Å². The number of nitrogens with one attached hydrogen (secondary N) is 2. The summed E-state index contributed by atoms with van der Waals surface area (Å²) in [4.78, 5) is 37.6. The minimum Gasteiger partial charge on any atom is -0.478 e. The molecule has 0 atom stereocenters. The van der Waals surface area contributed by atoms with Gasteiger partial charge in [0.1, 0.15) is 4.88 Å². The lowest BCUT2D eigenvalue weighted by Gasteiger charge is -2.23. The van der Waals surface area contributed by atoms with E-state index in [1.807, 2.05) is 24.3 Å². The minimum atomic E-state index is -1.14. The number of carboxylic acids is 1. The van der Waals surface area contributed by atoms with Crippen molar-refractivity contribution >= 4 is 56.5 Å². The van der Waals surface area contributed by atoms with Crippen LogP contribution in [0.4, 0.5) is 5.69 Å². The molecule has 1 aliphatic carbocycles. The lowest BCUT2D eigenvalue weighted by Crippen LogP contribution is -2.36. The summed E-state index contributed by atoms with van der Waals surface area (Å²) in [5.41, 5.74) is 0.347. The van der Waals surface area contributed by atoms with Crippen LogP contribution in [0.1, 0.15) is 62.5 Å². The van der Waals surface area contributed by atoms with Crippen molar-refractivity contribution in [2.24, 2.45) is 0 Å². The molecule has 1 saturated carbocycles. The highest BCUT2D eigenvalue weighted by atomic mass is 35.5. The second kappa shape index (κ2) is 9.08. The minimum absolute atomic E-state index is 0.0213. The molecule has 1 aromatic heterocycles. The number of aromatic carboxylic acids is 1. The molecule has 0 saturated heterocycles. The third-order valence-electron chi connectivity index (χ3n) is 5.44. The molecule has 0 bridgehead atoms. The van der Waals surface area contributed by atoms with Gasteiger partial charge in [-0.15, -0.1) is 11.3 Å². The molecule has 0 unspecified atom stereocenters. The standard InChI is InChI=1S/C23H21ClN2O4S/c24-19-16-8-4-5-9-18(16)31-20(19)22(28)26-17-12-13(23(29)30)10-11-15(17)21(27)25-14-6-2-1-3-7-14/h4-5,8-12,14H,1-3,6-7H2,(H,25,27)(H,26,28)(H,29,30). The van der Waals surface area contributed by atoms with Crippen LogP contribution in [0.25, 0.3) is 10.1 Å². The zero-order valence-corrected chi connectivity index (χ0v) is 18.2. The van der Waals surface area contributed by atoms with E-state index in [2.05, 4.69) is 10.6 Å². The number of thiophene rings is 1. The normalized spacial score (nSPS) is 14.4. The van der Waals surface area contributed by atoms with E-state index in [0.717, 1.165) is 42.2 Å². The average molecular weight is 457 g/mol. The van der Waals surface area contributed by atoms with Gasteiger partial charge >= 0.3 is 5.97 Å². The van der Waals surface area contributed by atoms with Crippen LogP contribution >= 0.6 is 22.9 Å². The fraction of sp³-hybridized carbons (Fsp3) is 0.261. The van der Waals surface area contributed by atoms with Crippen molar-refractivity contribution in [1.82, 2.24) is 5.32 Å². The van der Waals surface area contributed by atoms with Gasteiger partial charge in [-0.1, -0.05) is 49.1 Å². The molecule has 2 aromatic carbocycles. The summed E-state index contributed by atoms with van der Waals surface area (Å²) >= 11 is 7.65. The number of carboxylic acid groups (broad SMARTS) is 1. The maximum atomic E-state index is 13.0. The number of carbonyl (C=O) groups excluding carboxylic acids is 2. The third-order valence-corrected chi connectivity index (χ3v) is 7.12. The highest BCUT2D eigenvalue weighted by molar-refractivity contribution is 7.21. The summed E-state index contributed by atoms with van der Waals surface area (Å²) in [6, 6.07) is 11.6. The quantitative estimate of drug-likeness (QED) is 0.467. The zero-order valence-electron chi connectivity index (χ0n) is 16.6. The van der Waals surface area contributed by atoms with Gasteiger partial charge < -0.3 is 15.7 Å². The smallest absolute Gasteiger partial charge is 0.335 e. The van der Waals surface area contributed by atoms with Crippen LogP contribution in [-0.4, -0.2) is 28.9 Å². The Kier molecular flexibility index (Phi) is 6.25. The topological polar surface area (TPSA) is 95.5 Å². The number of hydrogen-bond acceptors (Lipinski definition) is 4. The summed E-state index contributed by atoms with van der Waals surface area (Å²) in [5.74, 6) is -1.96. The van der Waals surface area contributed by atoms with E-state index in [-0.39, 0.29) is 28.8 Å².